The number of hydrogen-bond donors (Lipinski definition) is 6. The molecule has 0 bridgehead atoms. The standard InChI is InChI=1S/C47H79N3O16P2/c1-4-6-7-8-9-10-14-18-23-28-38(51)29-24-19-16-21-26-31-43(53)64-39(34-61-42(52)30-25-20-15-12-11-13-17-22-27-37(3)5-2)35-62-67(57,58)66-68(59,60)63-36-40-44(54)45(55)46(65-40)50-33-32-41(48)49-47(50)56/h9-10,16,18-19,23-24,29,32-33,37-40,44-46,51,54-55H,4-8,11-15,17,20-22,25-28,30-31,34-36H2,1-3H3,(H,57,58)(H,59,60)(H2,48,49,56)/b10-9-,19-16+,23-18-,29-24-/t37?,38?,39-,40-,44-,45-,46-/m1/s1. The lowest BCUT2D eigenvalue weighted by molar-refractivity contribution is -0.161. The number of aromatic nitrogens is 2. The van der Waals surface area contributed by atoms with Crippen LogP contribution in [0, 0.1) is 5.92 Å². The topological polar surface area (TPSA) is 286 Å². The van der Waals surface area contributed by atoms with Gasteiger partial charge in [0.15, 0.2) is 12.3 Å². The molecule has 0 saturated carbocycles. The van der Waals surface area contributed by atoms with E-state index in [2.05, 4.69) is 42.2 Å². The number of nitrogen functional groups attached to an aromatic ring is 1. The van der Waals surface area contributed by atoms with Crippen LogP contribution in [0.2, 0.25) is 0 Å². The quantitative estimate of drug-likeness (QED) is 0.0120. The average molecular weight is 1000 g/mol. The number of phosphoric acid groups is 2. The van der Waals surface area contributed by atoms with Gasteiger partial charge in [0.2, 0.25) is 0 Å². The van der Waals surface area contributed by atoms with Gasteiger partial charge in [-0.25, -0.2) is 13.9 Å². The molecule has 1 aliphatic rings. The molecule has 1 aromatic rings. The second kappa shape index (κ2) is 34.9. The molecule has 9 atom stereocenters. The molecule has 0 amide bonds. The molecular weight excluding hydrogens is 924 g/mol. The number of nitrogens with zero attached hydrogens (tertiary/aromatic N) is 2. The lowest BCUT2D eigenvalue weighted by atomic mass is 9.99. The summed E-state index contributed by atoms with van der Waals surface area (Å²) in [6.07, 6.45) is 25.3. The largest absolute Gasteiger partial charge is 0.481 e. The highest BCUT2D eigenvalue weighted by Crippen LogP contribution is 2.60. The number of allylic oxidation sites excluding steroid dienone is 6. The number of esters is 2. The van der Waals surface area contributed by atoms with Crippen LogP contribution in [-0.4, -0.2) is 96.9 Å². The van der Waals surface area contributed by atoms with E-state index in [-0.39, 0.29) is 18.7 Å². The van der Waals surface area contributed by atoms with Gasteiger partial charge in [0.05, 0.1) is 19.3 Å². The number of anilines is 1. The zero-order valence-electron chi connectivity index (χ0n) is 40.2. The summed E-state index contributed by atoms with van der Waals surface area (Å²) in [7, 11) is -10.9. The minimum atomic E-state index is -5.45. The number of ether oxygens (including phenoxy) is 3. The minimum absolute atomic E-state index is 0.0854. The molecule has 2 heterocycles. The van der Waals surface area contributed by atoms with Crippen molar-refractivity contribution < 1.29 is 71.4 Å². The van der Waals surface area contributed by atoms with E-state index >= 15 is 0 Å². The minimum Gasteiger partial charge on any atom is -0.462 e. The van der Waals surface area contributed by atoms with Gasteiger partial charge in [0.25, 0.3) is 0 Å². The molecule has 2 rings (SSSR count). The van der Waals surface area contributed by atoms with Gasteiger partial charge in [-0.2, -0.15) is 9.29 Å². The Morgan fingerprint density at radius 3 is 2.21 bits per heavy atom. The van der Waals surface area contributed by atoms with E-state index in [1.54, 1.807) is 24.3 Å². The second-order valence-corrected chi connectivity index (χ2v) is 20.1. The normalized spacial score (nSPS) is 20.8. The third-order valence-corrected chi connectivity index (χ3v) is 13.6. The van der Waals surface area contributed by atoms with Crippen LogP contribution >= 0.6 is 15.6 Å². The van der Waals surface area contributed by atoms with Gasteiger partial charge >= 0.3 is 33.3 Å². The number of hydrogen-bond acceptors (Lipinski definition) is 16. The van der Waals surface area contributed by atoms with Crippen molar-refractivity contribution in [2.24, 2.45) is 5.92 Å². The van der Waals surface area contributed by atoms with Crippen molar-refractivity contribution in [2.75, 3.05) is 25.6 Å². The smallest absolute Gasteiger partial charge is 0.462 e. The molecule has 1 fully saturated rings. The Balaban J connectivity index is 1.88. The number of aliphatic hydroxyl groups excluding tert-OH is 3. The predicted octanol–water partition coefficient (Wildman–Crippen LogP) is 8.21. The van der Waals surface area contributed by atoms with Gasteiger partial charge in [-0.1, -0.05) is 140 Å². The molecule has 4 unspecified atom stereocenters. The SMILES string of the molecule is CCCCC/C=C\C/C=C\CC(O)/C=C\C=C\CCCC(=O)O[C@H](COC(=O)CCCCCCCCCCC(C)CC)COP(=O)(O)OP(=O)(O)OC[C@H]1O[C@@H](n2ccc(N)nc2=O)[C@H](O)[C@@H]1O. The molecule has 0 radical (unpaired) electrons. The fourth-order valence-corrected chi connectivity index (χ4v) is 8.94. The average Bonchev–Trinajstić information content (AvgIpc) is 3.57. The summed E-state index contributed by atoms with van der Waals surface area (Å²) in [5.41, 5.74) is 4.57. The molecule has 0 aliphatic carbocycles. The third-order valence-electron chi connectivity index (χ3n) is 11.0. The molecule has 0 spiro atoms. The van der Waals surface area contributed by atoms with Crippen LogP contribution in [0.15, 0.2) is 65.7 Å². The third kappa shape index (κ3) is 27.8. The van der Waals surface area contributed by atoms with Crippen molar-refractivity contribution in [3.05, 3.63) is 71.4 Å². The summed E-state index contributed by atoms with van der Waals surface area (Å²) >= 11 is 0. The van der Waals surface area contributed by atoms with E-state index < -0.39 is 89.8 Å². The lowest BCUT2D eigenvalue weighted by Crippen LogP contribution is -2.36. The number of rotatable bonds is 38. The Kier molecular flexibility index (Phi) is 31.2. The molecule has 1 aliphatic heterocycles. The molecule has 1 aromatic heterocycles. The Labute approximate surface area is 402 Å². The van der Waals surface area contributed by atoms with E-state index in [1.807, 2.05) is 12.2 Å². The van der Waals surface area contributed by atoms with Crippen LogP contribution in [0.1, 0.15) is 155 Å². The zero-order chi connectivity index (χ0) is 50.2. The fraction of sp³-hybridized carbons (Fsp3) is 0.702. The van der Waals surface area contributed by atoms with Crippen molar-refractivity contribution in [2.45, 2.75) is 186 Å². The van der Waals surface area contributed by atoms with Crippen molar-refractivity contribution in [1.82, 2.24) is 9.55 Å². The van der Waals surface area contributed by atoms with Crippen LogP contribution in [-0.2, 0) is 46.3 Å². The maximum absolute atomic E-state index is 12.8. The van der Waals surface area contributed by atoms with Crippen LogP contribution in [0.3, 0.4) is 0 Å². The van der Waals surface area contributed by atoms with Crippen molar-refractivity contribution >= 4 is 33.4 Å². The second-order valence-electron chi connectivity index (χ2n) is 17.1. The highest BCUT2D eigenvalue weighted by Gasteiger charge is 2.46. The Hall–Kier alpha value is -3.32. The zero-order valence-corrected chi connectivity index (χ0v) is 42.0. The van der Waals surface area contributed by atoms with Crippen LogP contribution in [0.5, 0.6) is 0 Å². The van der Waals surface area contributed by atoms with E-state index in [9.17, 15) is 48.6 Å². The number of carbonyl (C=O) groups is 2. The first kappa shape index (κ1) is 60.8. The van der Waals surface area contributed by atoms with Crippen LogP contribution < -0.4 is 11.4 Å². The first-order chi connectivity index (χ1) is 32.5. The molecule has 388 valence electrons. The molecule has 0 aromatic carbocycles. The Morgan fingerprint density at radius 2 is 1.50 bits per heavy atom. The van der Waals surface area contributed by atoms with E-state index in [0.29, 0.717) is 25.7 Å². The van der Waals surface area contributed by atoms with Gasteiger partial charge in [0.1, 0.15) is 30.7 Å². The van der Waals surface area contributed by atoms with Crippen LogP contribution in [0.25, 0.3) is 0 Å². The summed E-state index contributed by atoms with van der Waals surface area (Å²) in [6, 6.07) is 1.24. The first-order valence-corrected chi connectivity index (χ1v) is 27.1. The highest BCUT2D eigenvalue weighted by atomic mass is 31.3. The van der Waals surface area contributed by atoms with E-state index in [4.69, 9.17) is 29.0 Å². The maximum atomic E-state index is 12.8. The molecule has 19 nitrogen and oxygen atoms in total. The van der Waals surface area contributed by atoms with E-state index in [0.717, 1.165) is 55.2 Å². The number of aliphatic hydroxyl groups is 3. The summed E-state index contributed by atoms with van der Waals surface area (Å²) < 4.78 is 56.5. The first-order valence-electron chi connectivity index (χ1n) is 24.2. The van der Waals surface area contributed by atoms with E-state index in [1.165, 1.54) is 57.4 Å². The molecule has 7 N–H and O–H groups in total. The van der Waals surface area contributed by atoms with Crippen molar-refractivity contribution in [3.8, 4) is 0 Å². The molecule has 68 heavy (non-hydrogen) atoms. The van der Waals surface area contributed by atoms with Crippen LogP contribution in [0.4, 0.5) is 5.82 Å². The number of phosphoric ester groups is 2. The highest BCUT2D eigenvalue weighted by molar-refractivity contribution is 7.61. The Bertz CT molecular complexity index is 1860. The van der Waals surface area contributed by atoms with Gasteiger partial charge in [-0.3, -0.25) is 23.2 Å². The summed E-state index contributed by atoms with van der Waals surface area (Å²) in [6.45, 7) is 4.25. The van der Waals surface area contributed by atoms with Gasteiger partial charge in [0, 0.05) is 19.0 Å². The fourth-order valence-electron chi connectivity index (χ4n) is 6.83. The molecule has 1 saturated heterocycles. The number of unbranched alkanes of at least 4 members (excludes halogenated alkanes) is 11. The predicted molar refractivity (Wildman–Crippen MR) is 258 cm³/mol. The van der Waals surface area contributed by atoms with Gasteiger partial charge in [-0.05, 0) is 56.9 Å². The summed E-state index contributed by atoms with van der Waals surface area (Å²) in [5.74, 6) is -0.677. The maximum Gasteiger partial charge on any atom is 0.481 e. The lowest BCUT2D eigenvalue weighted by Gasteiger charge is -2.21. The summed E-state index contributed by atoms with van der Waals surface area (Å²) in [4.78, 5) is 61.7. The van der Waals surface area contributed by atoms with Crippen molar-refractivity contribution in [1.29, 1.82) is 0 Å². The monoisotopic (exact) mass is 1000 g/mol. The van der Waals surface area contributed by atoms with Crippen molar-refractivity contribution in [3.63, 3.8) is 0 Å². The number of carbonyl (C=O) groups excluding carboxylic acids is 2. The molecular formula is C47H79N3O16P2. The Morgan fingerprint density at radius 1 is 0.838 bits per heavy atom. The van der Waals surface area contributed by atoms with Gasteiger partial charge < -0.3 is 45.1 Å². The number of nitrogens with two attached hydrogens (primary N) is 1. The summed E-state index contributed by atoms with van der Waals surface area (Å²) in [5, 5.41) is 31.1. The molecule has 21 heteroatoms. The van der Waals surface area contributed by atoms with Gasteiger partial charge in [-0.15, -0.1) is 0 Å².